The lowest BCUT2D eigenvalue weighted by atomic mass is 10.0. The van der Waals surface area contributed by atoms with E-state index in [-0.39, 0.29) is 6.61 Å². The highest BCUT2D eigenvalue weighted by Gasteiger charge is 2.10. The zero-order valence-electron chi connectivity index (χ0n) is 13.3. The SMILES string of the molecule is Cc1cccc(OCC(O)c2ccc(C(C)C)cc2)c1C. The average molecular weight is 284 g/mol. The molecular weight excluding hydrogens is 260 g/mol. The second kappa shape index (κ2) is 6.77. The molecule has 0 heterocycles. The lowest BCUT2D eigenvalue weighted by Gasteiger charge is -2.16. The van der Waals surface area contributed by atoms with Crippen LogP contribution in [-0.4, -0.2) is 11.7 Å². The second-order valence-electron chi connectivity index (χ2n) is 5.85. The second-order valence-corrected chi connectivity index (χ2v) is 5.85. The summed E-state index contributed by atoms with van der Waals surface area (Å²) < 4.78 is 5.76. The zero-order chi connectivity index (χ0) is 15.4. The van der Waals surface area contributed by atoms with Crippen molar-refractivity contribution in [1.82, 2.24) is 0 Å². The van der Waals surface area contributed by atoms with Crippen LogP contribution in [0.2, 0.25) is 0 Å². The minimum absolute atomic E-state index is 0.269. The summed E-state index contributed by atoms with van der Waals surface area (Å²) in [5.74, 6) is 1.34. The normalized spacial score (nSPS) is 12.5. The summed E-state index contributed by atoms with van der Waals surface area (Å²) in [7, 11) is 0. The number of aliphatic hydroxyl groups excluding tert-OH is 1. The van der Waals surface area contributed by atoms with E-state index in [1.165, 1.54) is 11.1 Å². The van der Waals surface area contributed by atoms with E-state index in [1.54, 1.807) is 0 Å². The van der Waals surface area contributed by atoms with Crippen molar-refractivity contribution in [3.8, 4) is 5.75 Å². The number of rotatable bonds is 5. The van der Waals surface area contributed by atoms with Crippen LogP contribution in [0.15, 0.2) is 42.5 Å². The highest BCUT2D eigenvalue weighted by atomic mass is 16.5. The molecule has 1 N–H and O–H groups in total. The monoisotopic (exact) mass is 284 g/mol. The number of aryl methyl sites for hydroxylation is 1. The van der Waals surface area contributed by atoms with Crippen molar-refractivity contribution in [3.05, 3.63) is 64.7 Å². The number of hydrogen-bond acceptors (Lipinski definition) is 2. The Kier molecular flexibility index (Phi) is 5.03. The van der Waals surface area contributed by atoms with Gasteiger partial charge in [0.2, 0.25) is 0 Å². The minimum atomic E-state index is -0.605. The van der Waals surface area contributed by atoms with Gasteiger partial charge in [0.1, 0.15) is 18.5 Å². The van der Waals surface area contributed by atoms with E-state index >= 15 is 0 Å². The van der Waals surface area contributed by atoms with E-state index < -0.39 is 6.10 Å². The van der Waals surface area contributed by atoms with Gasteiger partial charge < -0.3 is 9.84 Å². The van der Waals surface area contributed by atoms with Gasteiger partial charge in [0, 0.05) is 0 Å². The standard InChI is InChI=1S/C19H24O2/c1-13(2)16-8-10-17(11-9-16)18(20)12-21-19-7-5-6-14(3)15(19)4/h5-11,13,18,20H,12H2,1-4H3. The Labute approximate surface area is 127 Å². The molecule has 1 unspecified atom stereocenters. The predicted molar refractivity (Wildman–Crippen MR) is 86.9 cm³/mol. The third kappa shape index (κ3) is 3.85. The highest BCUT2D eigenvalue weighted by molar-refractivity contribution is 5.38. The first-order valence-electron chi connectivity index (χ1n) is 7.46. The van der Waals surface area contributed by atoms with Gasteiger partial charge in [-0.2, -0.15) is 0 Å². The number of hydrogen-bond donors (Lipinski definition) is 1. The molecule has 2 nitrogen and oxygen atoms in total. The van der Waals surface area contributed by atoms with E-state index in [9.17, 15) is 5.11 Å². The van der Waals surface area contributed by atoms with Crippen LogP contribution in [-0.2, 0) is 0 Å². The summed E-state index contributed by atoms with van der Waals surface area (Å²) in [6.07, 6.45) is -0.605. The van der Waals surface area contributed by atoms with Crippen molar-refractivity contribution in [2.24, 2.45) is 0 Å². The molecule has 2 aromatic carbocycles. The maximum atomic E-state index is 10.2. The maximum Gasteiger partial charge on any atom is 0.122 e. The average Bonchev–Trinajstić information content (AvgIpc) is 2.48. The summed E-state index contributed by atoms with van der Waals surface area (Å²) in [6.45, 7) is 8.69. The van der Waals surface area contributed by atoms with Crippen molar-refractivity contribution in [2.45, 2.75) is 39.7 Å². The molecule has 0 radical (unpaired) electrons. The minimum Gasteiger partial charge on any atom is -0.490 e. The summed E-state index contributed by atoms with van der Waals surface area (Å²) in [5, 5.41) is 10.2. The molecule has 0 fully saturated rings. The Morgan fingerprint density at radius 1 is 0.952 bits per heavy atom. The quantitative estimate of drug-likeness (QED) is 0.873. The summed E-state index contributed by atoms with van der Waals surface area (Å²) in [4.78, 5) is 0. The fraction of sp³-hybridized carbons (Fsp3) is 0.368. The molecule has 0 spiro atoms. The Morgan fingerprint density at radius 3 is 2.19 bits per heavy atom. The predicted octanol–water partition coefficient (Wildman–Crippen LogP) is 4.54. The summed E-state index contributed by atoms with van der Waals surface area (Å²) in [5.41, 5.74) is 4.49. The first-order chi connectivity index (χ1) is 9.99. The molecule has 2 aromatic rings. The Balaban J connectivity index is 2.01. The van der Waals surface area contributed by atoms with E-state index in [0.29, 0.717) is 5.92 Å². The van der Waals surface area contributed by atoms with Crippen LogP contribution in [0, 0.1) is 13.8 Å². The van der Waals surface area contributed by atoms with Crippen molar-refractivity contribution in [2.75, 3.05) is 6.61 Å². The first kappa shape index (κ1) is 15.6. The molecule has 112 valence electrons. The van der Waals surface area contributed by atoms with Crippen LogP contribution >= 0.6 is 0 Å². The Hall–Kier alpha value is -1.80. The molecule has 0 amide bonds. The van der Waals surface area contributed by atoms with Gasteiger partial charge in [-0.3, -0.25) is 0 Å². The van der Waals surface area contributed by atoms with Gasteiger partial charge in [0.25, 0.3) is 0 Å². The third-order valence-corrected chi connectivity index (χ3v) is 3.94. The topological polar surface area (TPSA) is 29.5 Å². The van der Waals surface area contributed by atoms with E-state index in [0.717, 1.165) is 16.9 Å². The maximum absolute atomic E-state index is 10.2. The molecule has 0 saturated carbocycles. The molecule has 0 aliphatic rings. The lowest BCUT2D eigenvalue weighted by Crippen LogP contribution is -2.10. The molecule has 2 heteroatoms. The molecule has 0 aliphatic carbocycles. The van der Waals surface area contributed by atoms with Gasteiger partial charge >= 0.3 is 0 Å². The Bertz CT molecular complexity index is 585. The number of ether oxygens (including phenoxy) is 1. The summed E-state index contributed by atoms with van der Waals surface area (Å²) >= 11 is 0. The largest absolute Gasteiger partial charge is 0.490 e. The molecule has 0 aromatic heterocycles. The zero-order valence-corrected chi connectivity index (χ0v) is 13.3. The molecule has 0 aliphatic heterocycles. The van der Waals surface area contributed by atoms with Crippen LogP contribution < -0.4 is 4.74 Å². The van der Waals surface area contributed by atoms with Crippen molar-refractivity contribution in [3.63, 3.8) is 0 Å². The fourth-order valence-corrected chi connectivity index (χ4v) is 2.25. The van der Waals surface area contributed by atoms with Crippen molar-refractivity contribution >= 4 is 0 Å². The van der Waals surface area contributed by atoms with Crippen LogP contribution in [0.1, 0.15) is 48.1 Å². The van der Waals surface area contributed by atoms with Crippen LogP contribution in [0.4, 0.5) is 0 Å². The fourth-order valence-electron chi connectivity index (χ4n) is 2.25. The van der Waals surface area contributed by atoms with Gasteiger partial charge in [-0.25, -0.2) is 0 Å². The Morgan fingerprint density at radius 2 is 1.57 bits per heavy atom. The van der Waals surface area contributed by atoms with E-state index in [1.807, 2.05) is 31.2 Å². The van der Waals surface area contributed by atoms with Gasteiger partial charge in [-0.05, 0) is 48.1 Å². The number of aliphatic hydroxyl groups is 1. The van der Waals surface area contributed by atoms with Crippen molar-refractivity contribution in [1.29, 1.82) is 0 Å². The van der Waals surface area contributed by atoms with Gasteiger partial charge in [0.05, 0.1) is 0 Å². The third-order valence-electron chi connectivity index (χ3n) is 3.94. The molecule has 1 atom stereocenters. The smallest absolute Gasteiger partial charge is 0.122 e. The van der Waals surface area contributed by atoms with Gasteiger partial charge in [-0.1, -0.05) is 50.2 Å². The van der Waals surface area contributed by atoms with Crippen LogP contribution in [0.25, 0.3) is 0 Å². The first-order valence-corrected chi connectivity index (χ1v) is 7.46. The lowest BCUT2D eigenvalue weighted by molar-refractivity contribution is 0.108. The van der Waals surface area contributed by atoms with Crippen molar-refractivity contribution < 1.29 is 9.84 Å². The summed E-state index contributed by atoms with van der Waals surface area (Å²) in [6, 6.07) is 14.1. The van der Waals surface area contributed by atoms with E-state index in [2.05, 4.69) is 39.0 Å². The molecule has 0 bridgehead atoms. The van der Waals surface area contributed by atoms with Crippen LogP contribution in [0.5, 0.6) is 5.75 Å². The van der Waals surface area contributed by atoms with E-state index in [4.69, 9.17) is 4.74 Å². The highest BCUT2D eigenvalue weighted by Crippen LogP contribution is 2.23. The molecule has 2 rings (SSSR count). The van der Waals surface area contributed by atoms with Crippen LogP contribution in [0.3, 0.4) is 0 Å². The molecule has 0 saturated heterocycles. The van der Waals surface area contributed by atoms with Gasteiger partial charge in [0.15, 0.2) is 0 Å². The molecular formula is C19H24O2. The van der Waals surface area contributed by atoms with Gasteiger partial charge in [-0.15, -0.1) is 0 Å². The molecule has 21 heavy (non-hydrogen) atoms. The number of benzene rings is 2.